The molecule has 0 aliphatic carbocycles. The van der Waals surface area contributed by atoms with Gasteiger partial charge in [0.2, 0.25) is 0 Å². The third-order valence-electron chi connectivity index (χ3n) is 5.89. The van der Waals surface area contributed by atoms with E-state index in [0.717, 1.165) is 10.2 Å². The van der Waals surface area contributed by atoms with E-state index in [4.69, 9.17) is 9.47 Å². The SMILES string of the molecule is COc1ccc([C@@H]2C[C@@H](C(F)(F)F)n3ncc(C(=O)N(C)Cc4ccccc4)c3N2)cc1OC. The predicted molar refractivity (Wildman–Crippen MR) is 120 cm³/mol. The molecule has 1 aliphatic heterocycles. The molecule has 0 saturated heterocycles. The quantitative estimate of drug-likeness (QED) is 0.554. The van der Waals surface area contributed by atoms with Gasteiger partial charge in [-0.05, 0) is 23.3 Å². The van der Waals surface area contributed by atoms with E-state index >= 15 is 0 Å². The first-order valence-electron chi connectivity index (χ1n) is 10.6. The highest BCUT2D eigenvalue weighted by molar-refractivity contribution is 5.98. The van der Waals surface area contributed by atoms with E-state index in [1.807, 2.05) is 30.3 Å². The zero-order valence-corrected chi connectivity index (χ0v) is 19.0. The Hall–Kier alpha value is -3.69. The maximum Gasteiger partial charge on any atom is 0.410 e. The lowest BCUT2D eigenvalue weighted by Gasteiger charge is -2.34. The molecule has 1 aromatic heterocycles. The molecule has 1 N–H and O–H groups in total. The molecule has 34 heavy (non-hydrogen) atoms. The molecule has 1 amide bonds. The number of carbonyl (C=O) groups is 1. The number of nitrogens with one attached hydrogen (secondary N) is 1. The summed E-state index contributed by atoms with van der Waals surface area (Å²) in [7, 11) is 4.55. The molecule has 2 atom stereocenters. The van der Waals surface area contributed by atoms with E-state index in [1.54, 1.807) is 25.2 Å². The number of carbonyl (C=O) groups excluding carboxylic acids is 1. The number of ether oxygens (including phenoxy) is 2. The number of nitrogens with zero attached hydrogens (tertiary/aromatic N) is 3. The van der Waals surface area contributed by atoms with Gasteiger partial charge in [-0.1, -0.05) is 36.4 Å². The number of rotatable bonds is 6. The number of aromatic nitrogens is 2. The molecule has 0 radical (unpaired) electrons. The van der Waals surface area contributed by atoms with Crippen molar-refractivity contribution in [3.63, 3.8) is 0 Å². The van der Waals surface area contributed by atoms with Crippen LogP contribution in [-0.2, 0) is 6.54 Å². The number of hydrogen-bond donors (Lipinski definition) is 1. The summed E-state index contributed by atoms with van der Waals surface area (Å²) < 4.78 is 53.4. The molecule has 4 rings (SSSR count). The largest absolute Gasteiger partial charge is 0.493 e. The number of benzene rings is 2. The number of halogens is 3. The van der Waals surface area contributed by atoms with Crippen LogP contribution in [-0.4, -0.2) is 48.0 Å². The number of methoxy groups -OCH3 is 2. The van der Waals surface area contributed by atoms with Crippen molar-refractivity contribution >= 4 is 11.7 Å². The van der Waals surface area contributed by atoms with Crippen LogP contribution in [0.2, 0.25) is 0 Å². The molecule has 0 fully saturated rings. The second-order valence-corrected chi connectivity index (χ2v) is 8.10. The van der Waals surface area contributed by atoms with E-state index in [-0.39, 0.29) is 17.8 Å². The number of alkyl halides is 3. The van der Waals surface area contributed by atoms with Crippen molar-refractivity contribution in [2.24, 2.45) is 0 Å². The molecule has 7 nitrogen and oxygen atoms in total. The van der Waals surface area contributed by atoms with Gasteiger partial charge in [-0.3, -0.25) is 4.79 Å². The van der Waals surface area contributed by atoms with Crippen molar-refractivity contribution in [2.75, 3.05) is 26.6 Å². The molecule has 3 aromatic rings. The Morgan fingerprint density at radius 3 is 2.50 bits per heavy atom. The Morgan fingerprint density at radius 2 is 1.85 bits per heavy atom. The van der Waals surface area contributed by atoms with E-state index in [0.29, 0.717) is 23.6 Å². The first kappa shape index (κ1) is 23.5. The highest BCUT2D eigenvalue weighted by Crippen LogP contribution is 2.45. The molecule has 180 valence electrons. The van der Waals surface area contributed by atoms with Gasteiger partial charge in [0.05, 0.1) is 26.5 Å². The molecule has 1 aliphatic rings. The summed E-state index contributed by atoms with van der Waals surface area (Å²) in [5, 5.41) is 7.06. The van der Waals surface area contributed by atoms with E-state index in [2.05, 4.69) is 10.4 Å². The lowest BCUT2D eigenvalue weighted by Crippen LogP contribution is -2.36. The van der Waals surface area contributed by atoms with Gasteiger partial charge >= 0.3 is 6.18 Å². The smallest absolute Gasteiger partial charge is 0.410 e. The Kier molecular flexibility index (Phi) is 6.41. The second kappa shape index (κ2) is 9.28. The van der Waals surface area contributed by atoms with E-state index < -0.39 is 24.2 Å². The van der Waals surface area contributed by atoms with Crippen molar-refractivity contribution in [1.82, 2.24) is 14.7 Å². The highest BCUT2D eigenvalue weighted by Gasteiger charge is 2.47. The van der Waals surface area contributed by atoms with Crippen LogP contribution < -0.4 is 14.8 Å². The monoisotopic (exact) mass is 474 g/mol. The summed E-state index contributed by atoms with van der Waals surface area (Å²) in [4.78, 5) is 14.6. The van der Waals surface area contributed by atoms with Crippen LogP contribution in [0.4, 0.5) is 19.0 Å². The number of anilines is 1. The van der Waals surface area contributed by atoms with E-state index in [1.165, 1.54) is 25.3 Å². The summed E-state index contributed by atoms with van der Waals surface area (Å²) in [6.07, 6.45) is -3.64. The summed E-state index contributed by atoms with van der Waals surface area (Å²) >= 11 is 0. The van der Waals surface area contributed by atoms with Gasteiger partial charge in [0.15, 0.2) is 17.5 Å². The summed E-state index contributed by atoms with van der Waals surface area (Å²) in [6.45, 7) is 0.312. The molecule has 2 aromatic carbocycles. The van der Waals surface area contributed by atoms with Gasteiger partial charge in [-0.15, -0.1) is 0 Å². The lowest BCUT2D eigenvalue weighted by molar-refractivity contribution is -0.173. The van der Waals surface area contributed by atoms with Crippen molar-refractivity contribution in [1.29, 1.82) is 0 Å². The van der Waals surface area contributed by atoms with Crippen LogP contribution in [0.3, 0.4) is 0 Å². The first-order chi connectivity index (χ1) is 16.2. The minimum atomic E-state index is -4.55. The minimum absolute atomic E-state index is 0.0401. The van der Waals surface area contributed by atoms with Gasteiger partial charge < -0.3 is 19.7 Å². The van der Waals surface area contributed by atoms with Crippen LogP contribution in [0, 0.1) is 0 Å². The van der Waals surface area contributed by atoms with Crippen molar-refractivity contribution < 1.29 is 27.4 Å². The summed E-state index contributed by atoms with van der Waals surface area (Å²) in [5.41, 5.74) is 1.57. The van der Waals surface area contributed by atoms with Crippen LogP contribution in [0.15, 0.2) is 54.7 Å². The van der Waals surface area contributed by atoms with Gasteiger partial charge in [-0.25, -0.2) is 4.68 Å². The molecular formula is C24H25F3N4O3. The predicted octanol–water partition coefficient (Wildman–Crippen LogP) is 4.83. The summed E-state index contributed by atoms with van der Waals surface area (Å²) in [5.74, 6) is 0.492. The Morgan fingerprint density at radius 1 is 1.15 bits per heavy atom. The number of hydrogen-bond acceptors (Lipinski definition) is 5. The topological polar surface area (TPSA) is 68.6 Å². The molecule has 2 heterocycles. The maximum absolute atomic E-state index is 14.0. The van der Waals surface area contributed by atoms with Crippen LogP contribution in [0.5, 0.6) is 11.5 Å². The Balaban J connectivity index is 1.68. The van der Waals surface area contributed by atoms with Gasteiger partial charge in [-0.2, -0.15) is 18.3 Å². The van der Waals surface area contributed by atoms with Crippen LogP contribution >= 0.6 is 0 Å². The fraction of sp³-hybridized carbons (Fsp3) is 0.333. The molecule has 10 heteroatoms. The van der Waals surface area contributed by atoms with Crippen LogP contribution in [0.1, 0.15) is 40.0 Å². The fourth-order valence-corrected chi connectivity index (χ4v) is 4.14. The van der Waals surface area contributed by atoms with Gasteiger partial charge in [0, 0.05) is 20.0 Å². The van der Waals surface area contributed by atoms with Gasteiger partial charge in [0.25, 0.3) is 5.91 Å². The number of fused-ring (bicyclic) bond motifs is 1. The fourth-order valence-electron chi connectivity index (χ4n) is 4.14. The van der Waals surface area contributed by atoms with Gasteiger partial charge in [0.1, 0.15) is 11.4 Å². The zero-order chi connectivity index (χ0) is 24.5. The lowest BCUT2D eigenvalue weighted by atomic mass is 9.96. The van der Waals surface area contributed by atoms with Crippen LogP contribution in [0.25, 0.3) is 0 Å². The Bertz CT molecular complexity index is 1160. The third-order valence-corrected chi connectivity index (χ3v) is 5.89. The van der Waals surface area contributed by atoms with Crippen molar-refractivity contribution in [3.05, 3.63) is 71.4 Å². The number of amides is 1. The maximum atomic E-state index is 14.0. The van der Waals surface area contributed by atoms with Crippen molar-refractivity contribution in [3.8, 4) is 11.5 Å². The first-order valence-corrected chi connectivity index (χ1v) is 10.6. The average Bonchev–Trinajstić information content (AvgIpc) is 3.26. The highest BCUT2D eigenvalue weighted by atomic mass is 19.4. The normalized spacial score (nSPS) is 17.5. The summed E-state index contributed by atoms with van der Waals surface area (Å²) in [6, 6.07) is 11.7. The zero-order valence-electron chi connectivity index (χ0n) is 19.0. The van der Waals surface area contributed by atoms with Crippen molar-refractivity contribution in [2.45, 2.75) is 31.2 Å². The molecular weight excluding hydrogens is 449 g/mol. The average molecular weight is 474 g/mol. The van der Waals surface area contributed by atoms with E-state index in [9.17, 15) is 18.0 Å². The molecule has 0 spiro atoms. The Labute approximate surface area is 195 Å². The molecule has 0 saturated carbocycles. The molecule has 0 bridgehead atoms. The standard InChI is InChI=1S/C24H25F3N4O3/c1-30(14-15-7-5-4-6-8-15)23(32)17-13-28-31-21(24(25,26)27)12-18(29-22(17)31)16-9-10-19(33-2)20(11-16)34-3/h4-11,13,18,21,29H,12,14H2,1-3H3/t18-,21-/m0/s1. The molecule has 0 unspecified atom stereocenters. The minimum Gasteiger partial charge on any atom is -0.493 e. The second-order valence-electron chi connectivity index (χ2n) is 8.10. The third kappa shape index (κ3) is 4.52.